The number of hydrogen-bond acceptors (Lipinski definition) is 9. The molecule has 1 atom stereocenters. The first-order valence-electron chi connectivity index (χ1n) is 11.6. The number of hydrogen-bond donors (Lipinski definition) is 2. The lowest BCUT2D eigenvalue weighted by Crippen LogP contribution is -2.36. The van der Waals surface area contributed by atoms with Crippen LogP contribution in [0.4, 0.5) is 24.1 Å². The molecule has 4 rings (SSSR count). The van der Waals surface area contributed by atoms with Crippen LogP contribution in [-0.2, 0) is 20.5 Å². The zero-order valence-electron chi connectivity index (χ0n) is 20.2. The van der Waals surface area contributed by atoms with Crippen LogP contribution in [-0.4, -0.2) is 69.5 Å². The number of nitrogens with one attached hydrogen (secondary N) is 2. The number of nitrogens with zero attached hydrogens (tertiary/aromatic N) is 5. The molecule has 14 heteroatoms. The van der Waals surface area contributed by atoms with Crippen molar-refractivity contribution in [3.63, 3.8) is 0 Å². The van der Waals surface area contributed by atoms with Crippen molar-refractivity contribution in [3.8, 4) is 11.3 Å². The first-order valence-corrected chi connectivity index (χ1v) is 12.4. The Morgan fingerprint density at radius 1 is 1.11 bits per heavy atom. The predicted molar refractivity (Wildman–Crippen MR) is 134 cm³/mol. The zero-order chi connectivity index (χ0) is 27.1. The van der Waals surface area contributed by atoms with E-state index in [0.29, 0.717) is 54.1 Å². The van der Waals surface area contributed by atoms with E-state index in [4.69, 9.17) is 4.74 Å². The molecule has 3 aromatic heterocycles. The third kappa shape index (κ3) is 7.40. The molecule has 3 aromatic rings. The van der Waals surface area contributed by atoms with Gasteiger partial charge in [-0.15, -0.1) is 0 Å². The molecule has 4 heterocycles. The third-order valence-electron chi connectivity index (χ3n) is 5.60. The van der Waals surface area contributed by atoms with E-state index in [0.717, 1.165) is 13.1 Å². The molecule has 0 spiro atoms. The minimum atomic E-state index is -4.52. The first-order chi connectivity index (χ1) is 18.2. The Morgan fingerprint density at radius 2 is 1.89 bits per heavy atom. The maximum absolute atomic E-state index is 12.8. The maximum Gasteiger partial charge on any atom is 0.427 e. The highest BCUT2D eigenvalue weighted by Gasteiger charge is 2.33. The molecule has 0 radical (unpaired) electrons. The smallest absolute Gasteiger partial charge is 0.379 e. The number of morpholine rings is 1. The van der Waals surface area contributed by atoms with Gasteiger partial charge in [0.1, 0.15) is 4.88 Å². The Bertz CT molecular complexity index is 1290. The molecule has 0 aliphatic carbocycles. The maximum atomic E-state index is 12.8. The Labute approximate surface area is 220 Å². The Hall–Kier alpha value is -3.75. The molecule has 1 fully saturated rings. The zero-order valence-corrected chi connectivity index (χ0v) is 21.1. The van der Waals surface area contributed by atoms with Crippen LogP contribution in [0.5, 0.6) is 0 Å². The van der Waals surface area contributed by atoms with E-state index in [1.807, 2.05) is 0 Å². The number of alkyl halides is 3. The number of thiazole rings is 1. The van der Waals surface area contributed by atoms with E-state index in [9.17, 15) is 22.8 Å². The van der Waals surface area contributed by atoms with Gasteiger partial charge in [0, 0.05) is 43.7 Å². The number of aromatic nitrogens is 4. The Balaban J connectivity index is 1.34. The van der Waals surface area contributed by atoms with Crippen LogP contribution in [0.1, 0.15) is 23.3 Å². The summed E-state index contributed by atoms with van der Waals surface area (Å²) in [6.07, 6.45) is 5.28. The van der Waals surface area contributed by atoms with E-state index < -0.39 is 22.9 Å². The number of rotatable bonds is 8. The summed E-state index contributed by atoms with van der Waals surface area (Å²) in [6.45, 7) is 5.28. The normalized spacial score (nSPS) is 15.4. The number of ether oxygens (including phenoxy) is 1. The van der Waals surface area contributed by atoms with Gasteiger partial charge in [0.2, 0.25) is 11.8 Å². The summed E-state index contributed by atoms with van der Waals surface area (Å²) in [7, 11) is 0. The summed E-state index contributed by atoms with van der Waals surface area (Å²) in [5, 5.41) is 4.92. The molecule has 1 saturated heterocycles. The van der Waals surface area contributed by atoms with Crippen molar-refractivity contribution in [1.29, 1.82) is 0 Å². The fourth-order valence-electron chi connectivity index (χ4n) is 3.46. The fraction of sp³-hybridized carbons (Fsp3) is 0.333. The van der Waals surface area contributed by atoms with Gasteiger partial charge in [-0.1, -0.05) is 17.4 Å². The van der Waals surface area contributed by atoms with Crippen molar-refractivity contribution >= 4 is 34.1 Å². The predicted octanol–water partition coefficient (Wildman–Crippen LogP) is 3.58. The van der Waals surface area contributed by atoms with E-state index in [-0.39, 0.29) is 16.9 Å². The van der Waals surface area contributed by atoms with E-state index in [2.05, 4.69) is 35.5 Å². The summed E-state index contributed by atoms with van der Waals surface area (Å²) in [4.78, 5) is 42.3. The van der Waals surface area contributed by atoms with Gasteiger partial charge in [-0.25, -0.2) is 9.97 Å². The number of amides is 2. The molecule has 10 nitrogen and oxygen atoms in total. The first kappa shape index (κ1) is 27.3. The fourth-order valence-corrected chi connectivity index (χ4v) is 4.15. The van der Waals surface area contributed by atoms with Crippen LogP contribution in [0, 0.1) is 0 Å². The van der Waals surface area contributed by atoms with Crippen LogP contribution >= 0.6 is 11.3 Å². The lowest BCUT2D eigenvalue weighted by molar-refractivity contribution is -0.134. The van der Waals surface area contributed by atoms with Gasteiger partial charge in [0.15, 0.2) is 10.9 Å². The number of carbonyl (C=O) groups excluding carboxylic acids is 2. The molecule has 2 amide bonds. The second-order valence-electron chi connectivity index (χ2n) is 8.34. The van der Waals surface area contributed by atoms with Crippen molar-refractivity contribution in [2.45, 2.75) is 19.0 Å². The molecule has 1 aliphatic heterocycles. The van der Waals surface area contributed by atoms with Crippen molar-refractivity contribution in [2.24, 2.45) is 0 Å². The Morgan fingerprint density at radius 3 is 2.58 bits per heavy atom. The van der Waals surface area contributed by atoms with Gasteiger partial charge < -0.3 is 15.4 Å². The molecule has 1 aliphatic rings. The van der Waals surface area contributed by atoms with Gasteiger partial charge in [-0.2, -0.15) is 13.2 Å². The van der Waals surface area contributed by atoms with Crippen molar-refractivity contribution in [2.75, 3.05) is 43.5 Å². The van der Waals surface area contributed by atoms with Gasteiger partial charge in [-0.05, 0) is 18.6 Å². The lowest BCUT2D eigenvalue weighted by Gasteiger charge is -2.24. The van der Waals surface area contributed by atoms with Crippen LogP contribution in [0.3, 0.4) is 0 Å². The summed E-state index contributed by atoms with van der Waals surface area (Å²) >= 11 is 0.354. The standard InChI is InChI=1S/C24H24F3N7O3S/c1-15(22(36)33-23-31-13-19(38-23)24(25,26)27)16-9-17(11-28-10-16)18-12-30-20(14-29-18)32-21(35)3-2-4-34-5-7-37-8-6-34/h2-3,9-15H,4-8H2,1H3,(H,30,32,35)(H,31,33,36)/b3-2+. The molecule has 200 valence electrons. The third-order valence-corrected chi connectivity index (χ3v) is 6.56. The summed E-state index contributed by atoms with van der Waals surface area (Å²) < 4.78 is 43.6. The van der Waals surface area contributed by atoms with Gasteiger partial charge in [0.25, 0.3) is 0 Å². The summed E-state index contributed by atoms with van der Waals surface area (Å²) in [6, 6.07) is 1.69. The number of anilines is 2. The van der Waals surface area contributed by atoms with Crippen LogP contribution in [0.25, 0.3) is 11.3 Å². The highest BCUT2D eigenvalue weighted by molar-refractivity contribution is 7.15. The SMILES string of the molecule is CC(C(=O)Nc1ncc(C(F)(F)F)s1)c1cncc(-c2cnc(NC(=O)/C=C/CN3CCOCC3)cn2)c1. The van der Waals surface area contributed by atoms with Crippen molar-refractivity contribution < 1.29 is 27.5 Å². The molecule has 2 N–H and O–H groups in total. The molecular formula is C24H24F3N7O3S. The Kier molecular flexibility index (Phi) is 8.76. The minimum Gasteiger partial charge on any atom is -0.379 e. The van der Waals surface area contributed by atoms with E-state index in [1.165, 1.54) is 24.7 Å². The summed E-state index contributed by atoms with van der Waals surface area (Å²) in [5.74, 6) is -1.31. The van der Waals surface area contributed by atoms with Crippen molar-refractivity contribution in [3.05, 3.63) is 59.6 Å². The quantitative estimate of drug-likeness (QED) is 0.411. The topological polar surface area (TPSA) is 122 Å². The molecule has 0 aromatic carbocycles. The average Bonchev–Trinajstić information content (AvgIpc) is 3.38. The molecule has 38 heavy (non-hydrogen) atoms. The second kappa shape index (κ2) is 12.2. The number of halogens is 3. The van der Waals surface area contributed by atoms with Gasteiger partial charge >= 0.3 is 6.18 Å². The van der Waals surface area contributed by atoms with Crippen LogP contribution < -0.4 is 10.6 Å². The molecule has 0 saturated carbocycles. The highest BCUT2D eigenvalue weighted by atomic mass is 32.1. The minimum absolute atomic E-state index is 0.141. The number of pyridine rings is 1. The second-order valence-corrected chi connectivity index (χ2v) is 9.37. The van der Waals surface area contributed by atoms with Crippen LogP contribution in [0.2, 0.25) is 0 Å². The van der Waals surface area contributed by atoms with Crippen molar-refractivity contribution in [1.82, 2.24) is 24.8 Å². The molecular weight excluding hydrogens is 523 g/mol. The molecule has 1 unspecified atom stereocenters. The van der Waals surface area contributed by atoms with Gasteiger partial charge in [0.05, 0.1) is 43.4 Å². The van der Waals surface area contributed by atoms with Crippen LogP contribution in [0.15, 0.2) is 49.2 Å². The van der Waals surface area contributed by atoms with E-state index >= 15 is 0 Å². The molecule has 0 bridgehead atoms. The monoisotopic (exact) mass is 547 g/mol. The van der Waals surface area contributed by atoms with Gasteiger partial charge in [-0.3, -0.25) is 24.5 Å². The highest BCUT2D eigenvalue weighted by Crippen LogP contribution is 2.35. The largest absolute Gasteiger partial charge is 0.427 e. The lowest BCUT2D eigenvalue weighted by atomic mass is 10.0. The number of carbonyl (C=O) groups is 2. The van der Waals surface area contributed by atoms with E-state index in [1.54, 1.807) is 25.3 Å². The summed E-state index contributed by atoms with van der Waals surface area (Å²) in [5.41, 5.74) is 1.56. The average molecular weight is 548 g/mol.